The van der Waals surface area contributed by atoms with E-state index in [0.717, 1.165) is 16.5 Å². The van der Waals surface area contributed by atoms with Crippen molar-refractivity contribution in [1.29, 1.82) is 0 Å². The van der Waals surface area contributed by atoms with E-state index in [-0.39, 0.29) is 18.1 Å². The third-order valence-electron chi connectivity index (χ3n) is 6.23. The molecule has 8 nitrogen and oxygen atoms in total. The number of hydroxylamine groups is 1. The molecule has 1 heterocycles. The Morgan fingerprint density at radius 1 is 0.750 bits per heavy atom. The molecule has 0 aliphatic carbocycles. The number of hydrogen-bond acceptors (Lipinski definition) is 6. The highest BCUT2D eigenvalue weighted by molar-refractivity contribution is 6.05. The predicted octanol–water partition coefficient (Wildman–Crippen LogP) is 5.92. The normalized spacial score (nSPS) is 10.8. The Labute approximate surface area is 231 Å². The van der Waals surface area contributed by atoms with Crippen LogP contribution in [0, 0.1) is 0 Å². The zero-order chi connectivity index (χ0) is 27.7. The molecule has 0 saturated carbocycles. The monoisotopic (exact) mass is 536 g/mol. The van der Waals surface area contributed by atoms with E-state index >= 15 is 0 Å². The molecule has 0 aliphatic rings. The fourth-order valence-electron chi connectivity index (χ4n) is 4.09. The molecule has 5 rings (SSSR count). The van der Waals surface area contributed by atoms with Crippen molar-refractivity contribution in [3.63, 3.8) is 0 Å². The van der Waals surface area contributed by atoms with E-state index < -0.39 is 11.8 Å². The first-order chi connectivity index (χ1) is 19.5. The number of rotatable bonds is 11. The molecule has 5 aromatic rings. The predicted molar refractivity (Wildman–Crippen MR) is 151 cm³/mol. The highest BCUT2D eigenvalue weighted by Crippen LogP contribution is 2.28. The average Bonchev–Trinajstić information content (AvgIpc) is 3.42. The summed E-state index contributed by atoms with van der Waals surface area (Å²) in [6.07, 6.45) is 1.20. The van der Waals surface area contributed by atoms with Crippen LogP contribution in [0.2, 0.25) is 0 Å². The van der Waals surface area contributed by atoms with Gasteiger partial charge in [-0.15, -0.1) is 0 Å². The second-order valence-corrected chi connectivity index (χ2v) is 9.09. The number of hydrogen-bond donors (Lipinski definition) is 3. The summed E-state index contributed by atoms with van der Waals surface area (Å²) in [5, 5.41) is 13.2. The second-order valence-electron chi connectivity index (χ2n) is 9.09. The molecule has 0 fully saturated rings. The SMILES string of the molecule is O=C(NOCCc1ccccc1)c1ccc(NC(=O)c2cc3ccccc3o2)c(OCCc2ccc(O)cc2)c1. The fourth-order valence-corrected chi connectivity index (χ4v) is 4.09. The molecule has 3 N–H and O–H groups in total. The van der Waals surface area contributed by atoms with Crippen LogP contribution < -0.4 is 15.5 Å². The summed E-state index contributed by atoms with van der Waals surface area (Å²) in [6.45, 7) is 0.592. The summed E-state index contributed by atoms with van der Waals surface area (Å²) in [4.78, 5) is 31.1. The molecule has 0 aliphatic heterocycles. The Hall–Kier alpha value is -5.08. The summed E-state index contributed by atoms with van der Waals surface area (Å²) in [6, 6.07) is 30.4. The third kappa shape index (κ3) is 6.86. The van der Waals surface area contributed by atoms with E-state index in [9.17, 15) is 14.7 Å². The van der Waals surface area contributed by atoms with Crippen LogP contribution in [0.25, 0.3) is 11.0 Å². The number of carbonyl (C=O) groups is 2. The van der Waals surface area contributed by atoms with Gasteiger partial charge in [-0.2, -0.15) is 0 Å². The van der Waals surface area contributed by atoms with E-state index in [0.29, 0.717) is 42.0 Å². The molecule has 40 heavy (non-hydrogen) atoms. The Balaban J connectivity index is 1.27. The van der Waals surface area contributed by atoms with Crippen LogP contribution in [0.5, 0.6) is 11.5 Å². The quantitative estimate of drug-likeness (QED) is 0.143. The first kappa shape index (κ1) is 26.5. The first-order valence-electron chi connectivity index (χ1n) is 12.9. The van der Waals surface area contributed by atoms with E-state index in [1.54, 1.807) is 54.6 Å². The number of ether oxygens (including phenoxy) is 1. The molecule has 0 radical (unpaired) electrons. The van der Waals surface area contributed by atoms with Gasteiger partial charge >= 0.3 is 0 Å². The maximum Gasteiger partial charge on any atom is 0.291 e. The molecule has 8 heteroatoms. The van der Waals surface area contributed by atoms with Gasteiger partial charge in [0.05, 0.1) is 18.9 Å². The molecule has 4 aromatic carbocycles. The van der Waals surface area contributed by atoms with Crippen LogP contribution in [0.3, 0.4) is 0 Å². The van der Waals surface area contributed by atoms with Crippen LogP contribution in [-0.4, -0.2) is 30.1 Å². The van der Waals surface area contributed by atoms with Crippen molar-refractivity contribution in [3.05, 3.63) is 126 Å². The molecule has 0 saturated heterocycles. The Kier molecular flexibility index (Phi) is 8.38. The summed E-state index contributed by atoms with van der Waals surface area (Å²) in [7, 11) is 0. The van der Waals surface area contributed by atoms with Gasteiger partial charge in [-0.05, 0) is 60.0 Å². The van der Waals surface area contributed by atoms with Gasteiger partial charge in [-0.25, -0.2) is 5.48 Å². The lowest BCUT2D eigenvalue weighted by molar-refractivity contribution is 0.0324. The minimum Gasteiger partial charge on any atom is -0.508 e. The van der Waals surface area contributed by atoms with Crippen molar-refractivity contribution in [2.45, 2.75) is 12.8 Å². The summed E-state index contributed by atoms with van der Waals surface area (Å²) in [5.74, 6) is -0.220. The number of fused-ring (bicyclic) bond motifs is 1. The number of carbonyl (C=O) groups excluding carboxylic acids is 2. The summed E-state index contributed by atoms with van der Waals surface area (Å²) < 4.78 is 11.7. The number of aromatic hydroxyl groups is 1. The highest BCUT2D eigenvalue weighted by Gasteiger charge is 2.17. The summed E-state index contributed by atoms with van der Waals surface area (Å²) in [5.41, 5.74) is 5.83. The number of phenolic OH excluding ortho intramolecular Hbond substituents is 1. The Bertz CT molecular complexity index is 1560. The number of phenols is 1. The van der Waals surface area contributed by atoms with Gasteiger partial charge in [0.25, 0.3) is 11.8 Å². The Morgan fingerprint density at radius 2 is 1.48 bits per heavy atom. The highest BCUT2D eigenvalue weighted by atomic mass is 16.6. The van der Waals surface area contributed by atoms with Crippen LogP contribution in [0.4, 0.5) is 5.69 Å². The number of anilines is 1. The molecule has 2 amide bonds. The lowest BCUT2D eigenvalue weighted by Crippen LogP contribution is -2.25. The fraction of sp³-hybridized carbons (Fsp3) is 0.125. The van der Waals surface area contributed by atoms with Crippen molar-refractivity contribution < 1.29 is 28.7 Å². The number of nitrogens with one attached hydrogen (secondary N) is 2. The zero-order valence-corrected chi connectivity index (χ0v) is 21.6. The van der Waals surface area contributed by atoms with Gasteiger partial charge in [0.15, 0.2) is 5.76 Å². The van der Waals surface area contributed by atoms with Gasteiger partial charge in [-0.3, -0.25) is 14.4 Å². The van der Waals surface area contributed by atoms with E-state index in [1.807, 2.05) is 48.5 Å². The average molecular weight is 537 g/mol. The second kappa shape index (κ2) is 12.6. The standard InChI is InChI=1S/C32H28N2O6/c35-26-13-10-23(11-14-26)16-18-38-29-21-25(31(36)34-39-19-17-22-6-2-1-3-7-22)12-15-27(29)33-32(37)30-20-24-8-4-5-9-28(24)40-30/h1-15,20-21,35H,16-19H2,(H,33,37)(H,34,36). The lowest BCUT2D eigenvalue weighted by atomic mass is 10.1. The maximum absolute atomic E-state index is 13.0. The van der Waals surface area contributed by atoms with Crippen LogP contribution >= 0.6 is 0 Å². The Morgan fingerprint density at radius 3 is 2.27 bits per heavy atom. The first-order valence-corrected chi connectivity index (χ1v) is 12.9. The topological polar surface area (TPSA) is 110 Å². The maximum atomic E-state index is 13.0. The van der Waals surface area contributed by atoms with Gasteiger partial charge in [-0.1, -0.05) is 60.7 Å². The van der Waals surface area contributed by atoms with Crippen LogP contribution in [0.1, 0.15) is 32.0 Å². The molecule has 0 atom stereocenters. The summed E-state index contributed by atoms with van der Waals surface area (Å²) >= 11 is 0. The van der Waals surface area contributed by atoms with Crippen LogP contribution in [0.15, 0.2) is 108 Å². The van der Waals surface area contributed by atoms with Gasteiger partial charge in [0, 0.05) is 17.4 Å². The van der Waals surface area contributed by atoms with E-state index in [1.165, 1.54) is 0 Å². The van der Waals surface area contributed by atoms with Gasteiger partial charge < -0.3 is 19.6 Å². The van der Waals surface area contributed by atoms with Crippen molar-refractivity contribution in [2.75, 3.05) is 18.5 Å². The zero-order valence-electron chi connectivity index (χ0n) is 21.6. The minimum atomic E-state index is -0.443. The van der Waals surface area contributed by atoms with Crippen molar-refractivity contribution >= 4 is 28.5 Å². The van der Waals surface area contributed by atoms with Gasteiger partial charge in [0.2, 0.25) is 0 Å². The molecular formula is C32H28N2O6. The number of furan rings is 1. The van der Waals surface area contributed by atoms with Crippen LogP contribution in [-0.2, 0) is 17.7 Å². The molecular weight excluding hydrogens is 508 g/mol. The number of amides is 2. The number of benzene rings is 4. The van der Waals surface area contributed by atoms with Gasteiger partial charge in [0.1, 0.15) is 17.1 Å². The molecule has 0 spiro atoms. The van der Waals surface area contributed by atoms with E-state index in [4.69, 9.17) is 14.0 Å². The van der Waals surface area contributed by atoms with E-state index in [2.05, 4.69) is 10.8 Å². The number of para-hydroxylation sites is 1. The third-order valence-corrected chi connectivity index (χ3v) is 6.23. The largest absolute Gasteiger partial charge is 0.508 e. The minimum absolute atomic E-state index is 0.157. The van der Waals surface area contributed by atoms with Crippen molar-refractivity contribution in [2.24, 2.45) is 0 Å². The molecule has 202 valence electrons. The van der Waals surface area contributed by atoms with Crippen molar-refractivity contribution in [3.8, 4) is 11.5 Å². The molecule has 1 aromatic heterocycles. The smallest absolute Gasteiger partial charge is 0.291 e. The lowest BCUT2D eigenvalue weighted by Gasteiger charge is -2.14. The molecule has 0 bridgehead atoms. The molecule has 0 unspecified atom stereocenters. The van der Waals surface area contributed by atoms with Crippen molar-refractivity contribution in [1.82, 2.24) is 5.48 Å².